The summed E-state index contributed by atoms with van der Waals surface area (Å²) in [5.41, 5.74) is 5.77. The molecular formula is C18H19N3S2. The van der Waals surface area contributed by atoms with Gasteiger partial charge in [-0.1, -0.05) is 17.7 Å². The first-order valence-electron chi connectivity index (χ1n) is 7.42. The minimum atomic E-state index is 0.889. The summed E-state index contributed by atoms with van der Waals surface area (Å²) in [5, 5.41) is 8.80. The number of aryl methyl sites for hydroxylation is 4. The van der Waals surface area contributed by atoms with Crippen LogP contribution < -0.4 is 4.80 Å². The lowest BCUT2D eigenvalue weighted by molar-refractivity contribution is 0.809. The summed E-state index contributed by atoms with van der Waals surface area (Å²) in [5.74, 6) is 0. The zero-order chi connectivity index (χ0) is 16.4. The summed E-state index contributed by atoms with van der Waals surface area (Å²) in [6.07, 6.45) is 1.92. The number of thiazole rings is 1. The van der Waals surface area contributed by atoms with Crippen molar-refractivity contribution < 1.29 is 0 Å². The molecule has 5 heteroatoms. The van der Waals surface area contributed by atoms with Gasteiger partial charge in [0, 0.05) is 5.38 Å². The van der Waals surface area contributed by atoms with Gasteiger partial charge in [-0.3, -0.25) is 0 Å². The van der Waals surface area contributed by atoms with Crippen LogP contribution in [0.2, 0.25) is 0 Å². The van der Waals surface area contributed by atoms with Gasteiger partial charge in [-0.2, -0.15) is 5.10 Å². The topological polar surface area (TPSA) is 29.6 Å². The van der Waals surface area contributed by atoms with Crippen LogP contribution in [0.4, 0.5) is 5.69 Å². The maximum absolute atomic E-state index is 4.80. The van der Waals surface area contributed by atoms with E-state index in [1.165, 1.54) is 21.6 Å². The first-order valence-corrected chi connectivity index (χ1v) is 9.18. The van der Waals surface area contributed by atoms with Crippen molar-refractivity contribution in [3.05, 3.63) is 67.1 Å². The molecule has 0 unspecified atom stereocenters. The summed E-state index contributed by atoms with van der Waals surface area (Å²) in [6, 6.07) is 8.42. The van der Waals surface area contributed by atoms with Crippen molar-refractivity contribution in [2.24, 2.45) is 10.1 Å². The largest absolute Gasteiger partial charge is 0.219 e. The van der Waals surface area contributed by atoms with E-state index in [0.717, 1.165) is 16.2 Å². The number of hydrogen-bond acceptors (Lipinski definition) is 4. The van der Waals surface area contributed by atoms with Crippen molar-refractivity contribution in [2.45, 2.75) is 27.7 Å². The summed E-state index contributed by atoms with van der Waals surface area (Å²) in [6.45, 7) is 8.34. The van der Waals surface area contributed by atoms with E-state index in [1.54, 1.807) is 22.7 Å². The molecule has 3 rings (SSSR count). The number of benzene rings is 1. The molecular weight excluding hydrogens is 322 g/mol. The second-order valence-electron chi connectivity index (χ2n) is 5.59. The van der Waals surface area contributed by atoms with Crippen molar-refractivity contribution in [3.8, 4) is 0 Å². The lowest BCUT2D eigenvalue weighted by Gasteiger charge is -2.02. The van der Waals surface area contributed by atoms with Crippen molar-refractivity contribution in [1.29, 1.82) is 0 Å². The molecule has 0 bridgehead atoms. The molecule has 0 radical (unpaired) electrons. The molecule has 2 heterocycles. The molecule has 23 heavy (non-hydrogen) atoms. The van der Waals surface area contributed by atoms with E-state index in [9.17, 15) is 0 Å². The molecule has 0 N–H and O–H groups in total. The van der Waals surface area contributed by atoms with Crippen LogP contribution in [0.15, 0.2) is 45.1 Å². The Bertz CT molecular complexity index is 926. The van der Waals surface area contributed by atoms with Gasteiger partial charge in [0.15, 0.2) is 0 Å². The van der Waals surface area contributed by atoms with Crippen molar-refractivity contribution in [2.75, 3.05) is 0 Å². The Kier molecular flexibility index (Phi) is 4.59. The molecule has 3 aromatic rings. The number of rotatable bonds is 3. The predicted octanol–water partition coefficient (Wildman–Crippen LogP) is 4.96. The van der Waals surface area contributed by atoms with Gasteiger partial charge >= 0.3 is 0 Å². The van der Waals surface area contributed by atoms with Gasteiger partial charge in [-0.25, -0.2) is 9.67 Å². The van der Waals surface area contributed by atoms with Crippen molar-refractivity contribution in [3.63, 3.8) is 0 Å². The van der Waals surface area contributed by atoms with E-state index >= 15 is 0 Å². The van der Waals surface area contributed by atoms with Crippen LogP contribution in [0.1, 0.15) is 27.3 Å². The maximum Gasteiger partial charge on any atom is 0.211 e. The number of aromatic nitrogens is 1. The highest BCUT2D eigenvalue weighted by molar-refractivity contribution is 7.11. The van der Waals surface area contributed by atoms with Crippen LogP contribution in [-0.4, -0.2) is 10.9 Å². The Morgan fingerprint density at radius 2 is 1.83 bits per heavy atom. The summed E-state index contributed by atoms with van der Waals surface area (Å²) < 4.78 is 1.91. The standard InChI is InChI=1S/C18H19N3S2/c1-12-5-6-16(14(3)9-12)20-18-21(15(4)11-23-18)19-10-17-13(2)7-8-22-17/h5-11H,1-4H3. The Hall–Kier alpha value is -1.98. The third-order valence-corrected chi connectivity index (χ3v) is 5.50. The number of hydrogen-bond donors (Lipinski definition) is 0. The average molecular weight is 342 g/mol. The lowest BCUT2D eigenvalue weighted by atomic mass is 10.1. The van der Waals surface area contributed by atoms with Crippen molar-refractivity contribution in [1.82, 2.24) is 4.68 Å². The normalized spacial score (nSPS) is 12.4. The summed E-state index contributed by atoms with van der Waals surface area (Å²) in [4.78, 5) is 6.87. The monoisotopic (exact) mass is 341 g/mol. The molecule has 0 aliphatic carbocycles. The van der Waals surface area contributed by atoms with Crippen molar-refractivity contribution >= 4 is 34.6 Å². The fourth-order valence-corrected chi connectivity index (χ4v) is 3.86. The van der Waals surface area contributed by atoms with E-state index in [-0.39, 0.29) is 0 Å². The van der Waals surface area contributed by atoms with Crippen LogP contribution in [0, 0.1) is 27.7 Å². The maximum atomic E-state index is 4.80. The fraction of sp³-hybridized carbons (Fsp3) is 0.222. The zero-order valence-corrected chi connectivity index (χ0v) is 15.3. The quantitative estimate of drug-likeness (QED) is 0.603. The second-order valence-corrected chi connectivity index (χ2v) is 7.37. The van der Waals surface area contributed by atoms with Gasteiger partial charge in [0.05, 0.1) is 22.5 Å². The van der Waals surface area contributed by atoms with Gasteiger partial charge in [0.2, 0.25) is 4.80 Å². The minimum absolute atomic E-state index is 0.889. The van der Waals surface area contributed by atoms with Crippen LogP contribution in [-0.2, 0) is 0 Å². The molecule has 0 saturated carbocycles. The van der Waals surface area contributed by atoms with Gasteiger partial charge in [0.1, 0.15) is 0 Å². The molecule has 3 nitrogen and oxygen atoms in total. The summed E-state index contributed by atoms with van der Waals surface area (Å²) in [7, 11) is 0. The lowest BCUT2D eigenvalue weighted by Crippen LogP contribution is -2.11. The SMILES string of the molecule is Cc1ccc(N=c2scc(C)n2N=Cc2sccc2C)c(C)c1. The highest BCUT2D eigenvalue weighted by Crippen LogP contribution is 2.19. The van der Waals surface area contributed by atoms with Gasteiger partial charge in [0.25, 0.3) is 0 Å². The van der Waals surface area contributed by atoms with Crippen LogP contribution in [0.3, 0.4) is 0 Å². The minimum Gasteiger partial charge on any atom is -0.219 e. The van der Waals surface area contributed by atoms with E-state index in [0.29, 0.717) is 0 Å². The number of nitrogens with zero attached hydrogens (tertiary/aromatic N) is 3. The van der Waals surface area contributed by atoms with E-state index in [2.05, 4.69) is 67.8 Å². The Labute approximate surface area is 144 Å². The molecule has 1 aromatic carbocycles. The van der Waals surface area contributed by atoms with Crippen LogP contribution in [0.5, 0.6) is 0 Å². The molecule has 0 saturated heterocycles. The smallest absolute Gasteiger partial charge is 0.211 e. The predicted molar refractivity (Wildman–Crippen MR) is 100 cm³/mol. The molecule has 0 atom stereocenters. The average Bonchev–Trinajstić information content (AvgIpc) is 3.06. The molecule has 0 aliphatic heterocycles. The van der Waals surface area contributed by atoms with Crippen LogP contribution in [0.25, 0.3) is 0 Å². The van der Waals surface area contributed by atoms with Gasteiger partial charge < -0.3 is 0 Å². The molecule has 118 valence electrons. The molecule has 0 amide bonds. The van der Waals surface area contributed by atoms with Crippen LogP contribution >= 0.6 is 22.7 Å². The molecule has 2 aromatic heterocycles. The Balaban J connectivity index is 2.03. The third kappa shape index (κ3) is 3.51. The molecule has 0 fully saturated rings. The highest BCUT2D eigenvalue weighted by Gasteiger charge is 2.02. The zero-order valence-electron chi connectivity index (χ0n) is 13.7. The first kappa shape index (κ1) is 15.9. The first-order chi connectivity index (χ1) is 11.0. The summed E-state index contributed by atoms with van der Waals surface area (Å²) >= 11 is 3.31. The van der Waals surface area contributed by atoms with E-state index in [4.69, 9.17) is 4.99 Å². The molecule has 0 spiro atoms. The van der Waals surface area contributed by atoms with E-state index < -0.39 is 0 Å². The van der Waals surface area contributed by atoms with Gasteiger partial charge in [-0.05, 0) is 56.3 Å². The van der Waals surface area contributed by atoms with E-state index in [1.807, 2.05) is 10.9 Å². The third-order valence-electron chi connectivity index (χ3n) is 3.61. The Morgan fingerprint density at radius 3 is 2.52 bits per heavy atom. The highest BCUT2D eigenvalue weighted by atomic mass is 32.1. The second kappa shape index (κ2) is 6.64. The number of thiophene rings is 1. The Morgan fingerprint density at radius 1 is 1.00 bits per heavy atom. The molecule has 0 aliphatic rings. The van der Waals surface area contributed by atoms with Gasteiger partial charge in [-0.15, -0.1) is 22.7 Å². The fourth-order valence-electron chi connectivity index (χ4n) is 2.26.